The molecule has 1 saturated carbocycles. The second kappa shape index (κ2) is 5.71. The molecule has 0 aliphatic heterocycles. The number of benzene rings is 1. The van der Waals surface area contributed by atoms with Crippen LogP contribution in [0.15, 0.2) is 24.3 Å². The summed E-state index contributed by atoms with van der Waals surface area (Å²) in [6.45, 7) is 0.264. The topological polar surface area (TPSA) is 67.6 Å². The maximum Gasteiger partial charge on any atom is 0.241 e. The predicted molar refractivity (Wildman–Crippen MR) is 80.0 cm³/mol. The molecule has 0 aromatic heterocycles. The van der Waals surface area contributed by atoms with Crippen molar-refractivity contribution in [1.82, 2.24) is 5.32 Å². The van der Waals surface area contributed by atoms with Crippen molar-refractivity contribution < 1.29 is 9.53 Å². The number of nitrogens with two attached hydrogens (primary N) is 1. The maximum atomic E-state index is 11.8. The Hall–Kier alpha value is -1.75. The zero-order valence-corrected chi connectivity index (χ0v) is 12.3. The molecule has 1 aliphatic rings. The third-order valence-corrected chi connectivity index (χ3v) is 3.96. The van der Waals surface area contributed by atoms with Crippen LogP contribution in [-0.4, -0.2) is 39.2 Å². The van der Waals surface area contributed by atoms with Gasteiger partial charge in [0.1, 0.15) is 17.9 Å². The van der Waals surface area contributed by atoms with Crippen molar-refractivity contribution >= 4 is 11.6 Å². The molecule has 0 heterocycles. The summed E-state index contributed by atoms with van der Waals surface area (Å²) in [6, 6.07) is 7.79. The molecule has 1 amide bonds. The number of ether oxygens (including phenoxy) is 1. The molecule has 0 radical (unpaired) electrons. The molecule has 0 bridgehead atoms. The zero-order chi connectivity index (χ0) is 14.8. The van der Waals surface area contributed by atoms with Crippen LogP contribution < -0.4 is 20.7 Å². The van der Waals surface area contributed by atoms with Crippen LogP contribution in [-0.2, 0) is 4.79 Å². The molecule has 0 saturated heterocycles. The molecule has 1 unspecified atom stereocenters. The van der Waals surface area contributed by atoms with Crippen molar-refractivity contribution in [2.75, 3.05) is 32.6 Å². The number of anilines is 1. The number of nitrogens with one attached hydrogen (secondary N) is 1. The second-order valence-electron chi connectivity index (χ2n) is 5.54. The first-order chi connectivity index (χ1) is 9.49. The normalized spacial score (nSPS) is 17.4. The second-order valence-corrected chi connectivity index (χ2v) is 5.54. The van der Waals surface area contributed by atoms with Gasteiger partial charge in [-0.15, -0.1) is 0 Å². The van der Waals surface area contributed by atoms with Crippen LogP contribution in [0, 0.1) is 5.92 Å². The van der Waals surface area contributed by atoms with Gasteiger partial charge in [0.2, 0.25) is 5.91 Å². The Balaban J connectivity index is 2.10. The van der Waals surface area contributed by atoms with E-state index in [0.717, 1.165) is 24.3 Å². The van der Waals surface area contributed by atoms with E-state index in [1.165, 1.54) is 0 Å². The monoisotopic (exact) mass is 277 g/mol. The Morgan fingerprint density at radius 3 is 2.70 bits per heavy atom. The van der Waals surface area contributed by atoms with Crippen molar-refractivity contribution in [1.29, 1.82) is 0 Å². The van der Waals surface area contributed by atoms with Gasteiger partial charge in [0, 0.05) is 25.8 Å². The van der Waals surface area contributed by atoms with Crippen molar-refractivity contribution in [2.45, 2.75) is 18.4 Å². The smallest absolute Gasteiger partial charge is 0.241 e. The standard InChI is InChI=1S/C15H23N3O2/c1-17-15(14(16)19,11-7-8-11)10-20-13-6-4-5-12(9-13)18(2)3/h4-6,9,11,17H,7-8,10H2,1-3H3,(H2,16,19). The average Bonchev–Trinajstić information content (AvgIpc) is 3.25. The molecule has 1 aromatic carbocycles. The minimum absolute atomic E-state index is 0.264. The number of hydrogen-bond donors (Lipinski definition) is 2. The summed E-state index contributed by atoms with van der Waals surface area (Å²) in [5.74, 6) is 0.686. The number of primary amides is 1. The van der Waals surface area contributed by atoms with Gasteiger partial charge >= 0.3 is 0 Å². The number of carbonyl (C=O) groups excluding carboxylic acids is 1. The molecule has 20 heavy (non-hydrogen) atoms. The lowest BCUT2D eigenvalue weighted by Gasteiger charge is -2.30. The van der Waals surface area contributed by atoms with Crippen molar-refractivity contribution in [2.24, 2.45) is 11.7 Å². The predicted octanol–water partition coefficient (Wildman–Crippen LogP) is 0.985. The van der Waals surface area contributed by atoms with Crippen LogP contribution in [0.25, 0.3) is 0 Å². The van der Waals surface area contributed by atoms with E-state index < -0.39 is 5.54 Å². The molecule has 3 N–H and O–H groups in total. The van der Waals surface area contributed by atoms with E-state index in [2.05, 4.69) is 5.32 Å². The van der Waals surface area contributed by atoms with Crippen LogP contribution in [0.2, 0.25) is 0 Å². The number of carbonyl (C=O) groups is 1. The van der Waals surface area contributed by atoms with Crippen LogP contribution in [0.1, 0.15) is 12.8 Å². The Kier molecular flexibility index (Phi) is 4.18. The lowest BCUT2D eigenvalue weighted by molar-refractivity contribution is -0.126. The number of rotatable bonds is 7. The molecule has 5 nitrogen and oxygen atoms in total. The van der Waals surface area contributed by atoms with Gasteiger partial charge in [-0.2, -0.15) is 0 Å². The van der Waals surface area contributed by atoms with E-state index in [1.54, 1.807) is 7.05 Å². The molecule has 5 heteroatoms. The third-order valence-electron chi connectivity index (χ3n) is 3.96. The minimum Gasteiger partial charge on any atom is -0.491 e. The Morgan fingerprint density at radius 1 is 1.50 bits per heavy atom. The molecule has 0 spiro atoms. The number of likely N-dealkylation sites (N-methyl/N-ethyl adjacent to an activating group) is 1. The maximum absolute atomic E-state index is 11.8. The summed E-state index contributed by atoms with van der Waals surface area (Å²) in [6.07, 6.45) is 2.04. The first-order valence-electron chi connectivity index (χ1n) is 6.88. The summed E-state index contributed by atoms with van der Waals surface area (Å²) >= 11 is 0. The minimum atomic E-state index is -0.756. The van der Waals surface area contributed by atoms with Gasteiger partial charge in [0.25, 0.3) is 0 Å². The molecule has 1 fully saturated rings. The number of amides is 1. The van der Waals surface area contributed by atoms with Gasteiger partial charge in [-0.3, -0.25) is 4.79 Å². The highest BCUT2D eigenvalue weighted by atomic mass is 16.5. The van der Waals surface area contributed by atoms with Gasteiger partial charge in [0.05, 0.1) is 0 Å². The van der Waals surface area contributed by atoms with Crippen LogP contribution in [0.5, 0.6) is 5.75 Å². The van der Waals surface area contributed by atoms with Crippen LogP contribution >= 0.6 is 0 Å². The van der Waals surface area contributed by atoms with Crippen LogP contribution in [0.3, 0.4) is 0 Å². The molecule has 110 valence electrons. The lowest BCUT2D eigenvalue weighted by atomic mass is 9.93. The number of nitrogens with zero attached hydrogens (tertiary/aromatic N) is 1. The van der Waals surface area contributed by atoms with E-state index in [9.17, 15) is 4.79 Å². The molecule has 1 aliphatic carbocycles. The SMILES string of the molecule is CNC(COc1cccc(N(C)C)c1)(C(N)=O)C1CC1. The summed E-state index contributed by atoms with van der Waals surface area (Å²) in [4.78, 5) is 13.8. The van der Waals surface area contributed by atoms with Crippen LogP contribution in [0.4, 0.5) is 5.69 Å². The fraction of sp³-hybridized carbons (Fsp3) is 0.533. The largest absolute Gasteiger partial charge is 0.491 e. The quantitative estimate of drug-likeness (QED) is 0.780. The summed E-state index contributed by atoms with van der Waals surface area (Å²) < 4.78 is 5.83. The highest BCUT2D eigenvalue weighted by Crippen LogP contribution is 2.40. The fourth-order valence-corrected chi connectivity index (χ4v) is 2.41. The van der Waals surface area contributed by atoms with Gasteiger partial charge < -0.3 is 20.7 Å². The molecule has 2 rings (SSSR count). The van der Waals surface area contributed by atoms with Gasteiger partial charge in [-0.05, 0) is 37.9 Å². The zero-order valence-electron chi connectivity index (χ0n) is 12.3. The molecule has 1 aromatic rings. The lowest BCUT2D eigenvalue weighted by Crippen LogP contribution is -2.59. The summed E-state index contributed by atoms with van der Waals surface area (Å²) in [7, 11) is 5.72. The first kappa shape index (κ1) is 14.7. The summed E-state index contributed by atoms with van der Waals surface area (Å²) in [5, 5.41) is 3.07. The van der Waals surface area contributed by atoms with E-state index in [4.69, 9.17) is 10.5 Å². The summed E-state index contributed by atoms with van der Waals surface area (Å²) in [5.41, 5.74) is 5.88. The third kappa shape index (κ3) is 2.88. The Bertz CT molecular complexity index is 486. The molecular formula is C15H23N3O2. The van der Waals surface area contributed by atoms with E-state index in [-0.39, 0.29) is 18.4 Å². The number of hydrogen-bond acceptors (Lipinski definition) is 4. The highest BCUT2D eigenvalue weighted by molar-refractivity contribution is 5.85. The van der Waals surface area contributed by atoms with Crippen molar-refractivity contribution in [3.63, 3.8) is 0 Å². The Labute approximate surface area is 120 Å². The van der Waals surface area contributed by atoms with Gasteiger partial charge in [-0.25, -0.2) is 0 Å². The van der Waals surface area contributed by atoms with E-state index in [0.29, 0.717) is 0 Å². The van der Waals surface area contributed by atoms with E-state index >= 15 is 0 Å². The highest BCUT2D eigenvalue weighted by Gasteiger charge is 2.49. The van der Waals surface area contributed by atoms with Crippen molar-refractivity contribution in [3.8, 4) is 5.75 Å². The Morgan fingerprint density at radius 2 is 2.20 bits per heavy atom. The first-order valence-corrected chi connectivity index (χ1v) is 6.88. The van der Waals surface area contributed by atoms with Crippen molar-refractivity contribution in [3.05, 3.63) is 24.3 Å². The van der Waals surface area contributed by atoms with E-state index in [1.807, 2.05) is 43.3 Å². The molecule has 1 atom stereocenters. The molecular weight excluding hydrogens is 254 g/mol. The van der Waals surface area contributed by atoms with Gasteiger partial charge in [-0.1, -0.05) is 6.07 Å². The fourth-order valence-electron chi connectivity index (χ4n) is 2.41. The van der Waals surface area contributed by atoms with Gasteiger partial charge in [0.15, 0.2) is 0 Å². The average molecular weight is 277 g/mol.